The van der Waals surface area contributed by atoms with E-state index in [2.05, 4.69) is 22.0 Å². The zero-order valence-corrected chi connectivity index (χ0v) is 7.54. The zero-order valence-electron chi connectivity index (χ0n) is 4.44. The second kappa shape index (κ2) is 2.65. The Labute approximate surface area is 72.7 Å². The van der Waals surface area contributed by atoms with Crippen LogP contribution < -0.4 is 0 Å². The highest BCUT2D eigenvalue weighted by Gasteiger charge is 2.18. The highest BCUT2D eigenvalue weighted by atomic mass is 79.9. The van der Waals surface area contributed by atoms with Gasteiger partial charge in [0, 0.05) is 0 Å². The van der Waals surface area contributed by atoms with Crippen LogP contribution in [-0.4, -0.2) is 9.16 Å². The van der Waals surface area contributed by atoms with Gasteiger partial charge in [-0.05, 0) is 12.2 Å². The number of alkyl halides is 3. The lowest BCUT2D eigenvalue weighted by molar-refractivity contribution is 1.17. The van der Waals surface area contributed by atoms with Crippen molar-refractivity contribution in [1.82, 2.24) is 0 Å². The van der Waals surface area contributed by atoms with E-state index in [4.69, 9.17) is 23.2 Å². The number of halogens is 3. The maximum atomic E-state index is 5.79. The summed E-state index contributed by atoms with van der Waals surface area (Å²) in [7, 11) is 0. The van der Waals surface area contributed by atoms with E-state index in [1.165, 1.54) is 0 Å². The van der Waals surface area contributed by atoms with Crippen LogP contribution in [0.25, 0.3) is 0 Å². The highest BCUT2D eigenvalue weighted by Crippen LogP contribution is 2.30. The summed E-state index contributed by atoms with van der Waals surface area (Å²) in [6.07, 6.45) is 8.10. The van der Waals surface area contributed by atoms with Gasteiger partial charge in [0.2, 0.25) is 0 Å². The molecule has 2 atom stereocenters. The number of hydrogen-bond donors (Lipinski definition) is 0. The largest absolute Gasteiger partial charge is 0.136 e. The maximum absolute atomic E-state index is 5.79. The summed E-state index contributed by atoms with van der Waals surface area (Å²) in [6, 6.07) is 0. The molecule has 1 radical (unpaired) electrons. The predicted octanol–water partition coefficient (Wildman–Crippen LogP) is 2.85. The molecule has 0 aromatic carbocycles. The van der Waals surface area contributed by atoms with E-state index in [9.17, 15) is 0 Å². The van der Waals surface area contributed by atoms with Crippen LogP contribution in [0.5, 0.6) is 0 Å². The van der Waals surface area contributed by atoms with E-state index in [-0.39, 0.29) is 5.38 Å². The van der Waals surface area contributed by atoms with Gasteiger partial charge < -0.3 is 0 Å². The minimum Gasteiger partial charge on any atom is -0.113 e. The Hall–Kier alpha value is 0.540. The van der Waals surface area contributed by atoms with Crippen molar-refractivity contribution in [3.8, 4) is 0 Å². The predicted molar refractivity (Wildman–Crippen MR) is 44.1 cm³/mol. The molecule has 1 rings (SSSR count). The Kier molecular flexibility index (Phi) is 2.25. The van der Waals surface area contributed by atoms with Gasteiger partial charge >= 0.3 is 0 Å². The Morgan fingerprint density at radius 2 is 2.33 bits per heavy atom. The van der Waals surface area contributed by atoms with Crippen LogP contribution >= 0.6 is 39.1 Å². The topological polar surface area (TPSA) is 0 Å². The molecule has 0 aromatic heterocycles. The third kappa shape index (κ3) is 2.32. The SMILES string of the molecule is ClC1[C]=CC(Cl)(Br)C=C1. The summed E-state index contributed by atoms with van der Waals surface area (Å²) < 4.78 is -0.557. The minimum absolute atomic E-state index is 0.130. The van der Waals surface area contributed by atoms with E-state index in [1.807, 2.05) is 0 Å². The van der Waals surface area contributed by atoms with Crippen molar-refractivity contribution in [2.24, 2.45) is 0 Å². The second-order valence-corrected chi connectivity index (χ2v) is 4.61. The van der Waals surface area contributed by atoms with Crippen LogP contribution in [0.1, 0.15) is 0 Å². The lowest BCUT2D eigenvalue weighted by Gasteiger charge is -2.13. The lowest BCUT2D eigenvalue weighted by Crippen LogP contribution is -2.09. The van der Waals surface area contributed by atoms with Crippen molar-refractivity contribution in [2.75, 3.05) is 0 Å². The van der Waals surface area contributed by atoms with Gasteiger partial charge in [0.1, 0.15) is 3.78 Å². The smallest absolute Gasteiger partial charge is 0.113 e. The number of rotatable bonds is 0. The van der Waals surface area contributed by atoms with Crippen LogP contribution in [0.4, 0.5) is 0 Å². The first-order valence-corrected chi connectivity index (χ1v) is 4.02. The van der Waals surface area contributed by atoms with Gasteiger partial charge in [-0.25, -0.2) is 0 Å². The van der Waals surface area contributed by atoms with Gasteiger partial charge in [0.15, 0.2) is 0 Å². The first-order valence-electron chi connectivity index (χ1n) is 2.42. The van der Waals surface area contributed by atoms with Crippen molar-refractivity contribution in [3.63, 3.8) is 0 Å². The van der Waals surface area contributed by atoms with Crippen LogP contribution in [-0.2, 0) is 0 Å². The van der Waals surface area contributed by atoms with Gasteiger partial charge in [-0.3, -0.25) is 0 Å². The van der Waals surface area contributed by atoms with E-state index >= 15 is 0 Å². The summed E-state index contributed by atoms with van der Waals surface area (Å²) in [4.78, 5) is 0. The standard InChI is InChI=1S/C6H4BrCl2/c7-6(9)3-1-5(8)2-4-6/h1,3-5H. The first kappa shape index (κ1) is 7.64. The molecule has 9 heavy (non-hydrogen) atoms. The Balaban J connectivity index is 2.70. The van der Waals surface area contributed by atoms with Gasteiger partial charge in [-0.1, -0.05) is 39.7 Å². The molecular weight excluding hydrogens is 223 g/mol. The normalized spacial score (nSPS) is 41.4. The van der Waals surface area contributed by atoms with Gasteiger partial charge in [-0.2, -0.15) is 0 Å². The van der Waals surface area contributed by atoms with Crippen LogP contribution in [0, 0.1) is 6.08 Å². The third-order valence-corrected chi connectivity index (χ3v) is 1.92. The summed E-state index contributed by atoms with van der Waals surface area (Å²) in [5, 5.41) is -0.130. The van der Waals surface area contributed by atoms with E-state index < -0.39 is 3.78 Å². The Bertz CT molecular complexity index is 144. The van der Waals surface area contributed by atoms with Crippen molar-refractivity contribution < 1.29 is 0 Å². The minimum atomic E-state index is -0.557. The monoisotopic (exact) mass is 225 g/mol. The summed E-state index contributed by atoms with van der Waals surface area (Å²) in [5.41, 5.74) is 0. The molecule has 49 valence electrons. The molecular formula is C6H4BrCl2. The van der Waals surface area contributed by atoms with Crippen LogP contribution in [0.3, 0.4) is 0 Å². The Morgan fingerprint density at radius 1 is 1.67 bits per heavy atom. The lowest BCUT2D eigenvalue weighted by atomic mass is 10.2. The molecule has 0 heterocycles. The van der Waals surface area contributed by atoms with E-state index in [0.717, 1.165) is 0 Å². The molecule has 0 fully saturated rings. The van der Waals surface area contributed by atoms with Gasteiger partial charge in [0.25, 0.3) is 0 Å². The molecule has 0 saturated heterocycles. The molecule has 0 aromatic rings. The van der Waals surface area contributed by atoms with Crippen molar-refractivity contribution in [3.05, 3.63) is 24.3 Å². The van der Waals surface area contributed by atoms with Crippen molar-refractivity contribution in [2.45, 2.75) is 9.16 Å². The number of hydrogen-bond acceptors (Lipinski definition) is 0. The fraction of sp³-hybridized carbons (Fsp3) is 0.333. The van der Waals surface area contributed by atoms with E-state index in [0.29, 0.717) is 0 Å². The molecule has 0 N–H and O–H groups in total. The molecule has 0 aliphatic heterocycles. The molecule has 0 saturated carbocycles. The molecule has 1 aliphatic carbocycles. The summed E-state index contributed by atoms with van der Waals surface area (Å²) in [6.45, 7) is 0. The molecule has 1 aliphatic rings. The molecule has 0 spiro atoms. The molecule has 2 unspecified atom stereocenters. The van der Waals surface area contributed by atoms with Crippen LogP contribution in [0.15, 0.2) is 18.2 Å². The fourth-order valence-corrected chi connectivity index (χ4v) is 1.06. The van der Waals surface area contributed by atoms with Gasteiger partial charge in [-0.15, -0.1) is 11.6 Å². The fourth-order valence-electron chi connectivity index (χ4n) is 0.507. The van der Waals surface area contributed by atoms with Gasteiger partial charge in [0.05, 0.1) is 5.38 Å². The summed E-state index contributed by atoms with van der Waals surface area (Å²) in [5.74, 6) is 0. The van der Waals surface area contributed by atoms with E-state index in [1.54, 1.807) is 18.2 Å². The van der Waals surface area contributed by atoms with Crippen molar-refractivity contribution >= 4 is 39.1 Å². The zero-order chi connectivity index (χ0) is 6.91. The number of allylic oxidation sites excluding steroid dienone is 4. The average molecular weight is 227 g/mol. The average Bonchev–Trinajstić information content (AvgIpc) is 1.78. The summed E-state index contributed by atoms with van der Waals surface area (Å²) >= 11 is 14.6. The Morgan fingerprint density at radius 3 is 2.67 bits per heavy atom. The van der Waals surface area contributed by atoms with Crippen molar-refractivity contribution in [1.29, 1.82) is 0 Å². The quantitative estimate of drug-likeness (QED) is 0.440. The highest BCUT2D eigenvalue weighted by molar-refractivity contribution is 9.10. The molecule has 0 nitrogen and oxygen atoms in total. The maximum Gasteiger partial charge on any atom is 0.136 e. The first-order chi connectivity index (χ1) is 4.10. The molecule has 0 bridgehead atoms. The molecule has 3 heteroatoms. The second-order valence-electron chi connectivity index (χ2n) is 1.75. The third-order valence-electron chi connectivity index (χ3n) is 0.922. The van der Waals surface area contributed by atoms with Crippen LogP contribution in [0.2, 0.25) is 0 Å². The molecule has 0 amide bonds.